The summed E-state index contributed by atoms with van der Waals surface area (Å²) in [5, 5.41) is 2.91. The molecule has 1 unspecified atom stereocenters. The number of likely N-dealkylation sites (tertiary alicyclic amines) is 1. The van der Waals surface area contributed by atoms with Crippen LogP contribution in [0.25, 0.3) is 0 Å². The van der Waals surface area contributed by atoms with E-state index in [2.05, 4.69) is 5.32 Å². The lowest BCUT2D eigenvalue weighted by molar-refractivity contribution is -0.128. The summed E-state index contributed by atoms with van der Waals surface area (Å²) >= 11 is 0. The van der Waals surface area contributed by atoms with Crippen LogP contribution in [0.15, 0.2) is 18.2 Å². The lowest BCUT2D eigenvalue weighted by Crippen LogP contribution is -2.30. The number of hydrogen-bond acceptors (Lipinski definition) is 4. The van der Waals surface area contributed by atoms with E-state index in [0.717, 1.165) is 12.8 Å². The second-order valence-electron chi connectivity index (χ2n) is 6.19. The van der Waals surface area contributed by atoms with Gasteiger partial charge in [0.1, 0.15) is 11.5 Å². The predicted molar refractivity (Wildman–Crippen MR) is 90.3 cm³/mol. The number of ether oxygens (including phenoxy) is 2. The molecule has 0 spiro atoms. The quantitative estimate of drug-likeness (QED) is 0.833. The van der Waals surface area contributed by atoms with Crippen LogP contribution in [0.4, 0.5) is 5.69 Å². The molecular weight excluding hydrogens is 308 g/mol. The smallest absolute Gasteiger partial charge is 0.229 e. The van der Waals surface area contributed by atoms with Gasteiger partial charge in [-0.1, -0.05) is 0 Å². The number of hydrogen-bond donors (Lipinski definition) is 1. The van der Waals surface area contributed by atoms with Crippen molar-refractivity contribution in [3.63, 3.8) is 0 Å². The van der Waals surface area contributed by atoms with Crippen molar-refractivity contribution < 1.29 is 19.1 Å². The molecule has 6 heteroatoms. The van der Waals surface area contributed by atoms with Crippen LogP contribution in [0.3, 0.4) is 0 Å². The summed E-state index contributed by atoms with van der Waals surface area (Å²) in [6.45, 7) is 5.38. The SMILES string of the molecule is CCOc1ccc(OCC)c(NC(=O)C2CC(=O)N(C3CC3)C2)c1. The monoisotopic (exact) mass is 332 g/mol. The molecule has 0 radical (unpaired) electrons. The van der Waals surface area contributed by atoms with E-state index in [1.165, 1.54) is 0 Å². The van der Waals surface area contributed by atoms with E-state index in [1.807, 2.05) is 24.8 Å². The highest BCUT2D eigenvalue weighted by atomic mass is 16.5. The molecular formula is C18H24N2O4. The summed E-state index contributed by atoms with van der Waals surface area (Å²) in [7, 11) is 0. The second kappa shape index (κ2) is 7.11. The van der Waals surface area contributed by atoms with Gasteiger partial charge in [-0.25, -0.2) is 0 Å². The molecule has 1 heterocycles. The summed E-state index contributed by atoms with van der Waals surface area (Å²) in [4.78, 5) is 26.5. The predicted octanol–water partition coefficient (Wildman–Crippen LogP) is 2.43. The van der Waals surface area contributed by atoms with Crippen LogP contribution in [-0.4, -0.2) is 42.5 Å². The number of nitrogens with one attached hydrogen (secondary N) is 1. The first-order valence-electron chi connectivity index (χ1n) is 8.62. The van der Waals surface area contributed by atoms with E-state index in [9.17, 15) is 9.59 Å². The number of carbonyl (C=O) groups is 2. The molecule has 24 heavy (non-hydrogen) atoms. The number of amides is 2. The van der Waals surface area contributed by atoms with Gasteiger partial charge < -0.3 is 19.7 Å². The van der Waals surface area contributed by atoms with Crippen molar-refractivity contribution in [3.05, 3.63) is 18.2 Å². The van der Waals surface area contributed by atoms with Gasteiger partial charge in [0.25, 0.3) is 0 Å². The number of anilines is 1. The Labute approximate surface area is 142 Å². The van der Waals surface area contributed by atoms with Gasteiger partial charge in [-0.05, 0) is 38.8 Å². The van der Waals surface area contributed by atoms with Crippen LogP contribution in [-0.2, 0) is 9.59 Å². The topological polar surface area (TPSA) is 67.9 Å². The first-order valence-corrected chi connectivity index (χ1v) is 8.62. The summed E-state index contributed by atoms with van der Waals surface area (Å²) in [6, 6.07) is 5.73. The van der Waals surface area contributed by atoms with Crippen LogP contribution >= 0.6 is 0 Å². The minimum atomic E-state index is -0.302. The molecule has 2 fully saturated rings. The van der Waals surface area contributed by atoms with E-state index in [4.69, 9.17) is 9.47 Å². The fraction of sp³-hybridized carbons (Fsp3) is 0.556. The molecule has 2 aliphatic rings. The molecule has 1 N–H and O–H groups in total. The third-order valence-electron chi connectivity index (χ3n) is 4.34. The van der Waals surface area contributed by atoms with Gasteiger partial charge >= 0.3 is 0 Å². The number of benzene rings is 1. The Hall–Kier alpha value is -2.24. The Morgan fingerprint density at radius 2 is 2.00 bits per heavy atom. The molecule has 1 aliphatic carbocycles. The molecule has 1 aliphatic heterocycles. The molecule has 130 valence electrons. The van der Waals surface area contributed by atoms with E-state index >= 15 is 0 Å². The first kappa shape index (κ1) is 16.6. The van der Waals surface area contributed by atoms with E-state index in [0.29, 0.717) is 43.0 Å². The highest BCUT2D eigenvalue weighted by Crippen LogP contribution is 2.34. The van der Waals surface area contributed by atoms with Gasteiger partial charge in [-0.3, -0.25) is 9.59 Å². The molecule has 3 rings (SSSR count). The standard InChI is InChI=1S/C18H24N2O4/c1-3-23-14-7-8-16(24-4-2)15(10-14)19-18(22)12-9-17(21)20(11-12)13-5-6-13/h7-8,10,12-13H,3-6,9,11H2,1-2H3,(H,19,22). The molecule has 1 saturated heterocycles. The van der Waals surface area contributed by atoms with Crippen molar-refractivity contribution in [1.82, 2.24) is 4.90 Å². The highest BCUT2D eigenvalue weighted by Gasteiger charge is 2.41. The van der Waals surface area contributed by atoms with Gasteiger partial charge in [-0.2, -0.15) is 0 Å². The van der Waals surface area contributed by atoms with E-state index in [-0.39, 0.29) is 24.2 Å². The number of rotatable bonds is 7. The molecule has 1 aromatic rings. The molecule has 6 nitrogen and oxygen atoms in total. The Morgan fingerprint density at radius 3 is 2.67 bits per heavy atom. The van der Waals surface area contributed by atoms with Gasteiger partial charge in [0.15, 0.2) is 0 Å². The maximum absolute atomic E-state index is 12.6. The molecule has 0 bridgehead atoms. The highest BCUT2D eigenvalue weighted by molar-refractivity contribution is 5.98. The zero-order valence-corrected chi connectivity index (χ0v) is 14.2. The van der Waals surface area contributed by atoms with Crippen molar-refractivity contribution in [1.29, 1.82) is 0 Å². The largest absolute Gasteiger partial charge is 0.494 e. The zero-order chi connectivity index (χ0) is 17.1. The fourth-order valence-corrected chi connectivity index (χ4v) is 3.03. The number of nitrogens with zero attached hydrogens (tertiary/aromatic N) is 1. The Morgan fingerprint density at radius 1 is 1.25 bits per heavy atom. The minimum Gasteiger partial charge on any atom is -0.494 e. The average molecular weight is 332 g/mol. The van der Waals surface area contributed by atoms with Gasteiger partial charge in [-0.15, -0.1) is 0 Å². The van der Waals surface area contributed by atoms with E-state index in [1.54, 1.807) is 12.1 Å². The maximum atomic E-state index is 12.6. The third-order valence-corrected chi connectivity index (χ3v) is 4.34. The summed E-state index contributed by atoms with van der Waals surface area (Å²) in [5.41, 5.74) is 0.588. The van der Waals surface area contributed by atoms with Gasteiger partial charge in [0.05, 0.1) is 24.8 Å². The van der Waals surface area contributed by atoms with Crippen LogP contribution in [0.1, 0.15) is 33.1 Å². The van der Waals surface area contributed by atoms with Crippen LogP contribution in [0.2, 0.25) is 0 Å². The van der Waals surface area contributed by atoms with Crippen molar-refractivity contribution in [3.8, 4) is 11.5 Å². The zero-order valence-electron chi connectivity index (χ0n) is 14.2. The van der Waals surface area contributed by atoms with Crippen LogP contribution in [0.5, 0.6) is 11.5 Å². The fourth-order valence-electron chi connectivity index (χ4n) is 3.03. The number of carbonyl (C=O) groups excluding carboxylic acids is 2. The van der Waals surface area contributed by atoms with Crippen molar-refractivity contribution in [2.75, 3.05) is 25.1 Å². The van der Waals surface area contributed by atoms with Crippen molar-refractivity contribution in [2.24, 2.45) is 5.92 Å². The van der Waals surface area contributed by atoms with Crippen LogP contribution in [0, 0.1) is 5.92 Å². The Kier molecular flexibility index (Phi) is 4.92. The lowest BCUT2D eigenvalue weighted by Gasteiger charge is -2.17. The first-order chi connectivity index (χ1) is 11.6. The molecule has 1 saturated carbocycles. The van der Waals surface area contributed by atoms with Crippen molar-refractivity contribution >= 4 is 17.5 Å². The summed E-state index contributed by atoms with van der Waals surface area (Å²) < 4.78 is 11.1. The van der Waals surface area contributed by atoms with Crippen LogP contribution < -0.4 is 14.8 Å². The van der Waals surface area contributed by atoms with Gasteiger partial charge in [0, 0.05) is 25.1 Å². The Bertz CT molecular complexity index is 627. The molecule has 1 aromatic carbocycles. The second-order valence-corrected chi connectivity index (χ2v) is 6.19. The third kappa shape index (κ3) is 3.63. The molecule has 0 aromatic heterocycles. The molecule has 1 atom stereocenters. The van der Waals surface area contributed by atoms with Gasteiger partial charge in [0.2, 0.25) is 11.8 Å². The minimum absolute atomic E-state index is 0.0887. The van der Waals surface area contributed by atoms with Crippen molar-refractivity contribution in [2.45, 2.75) is 39.2 Å². The normalized spacial score (nSPS) is 20.2. The summed E-state index contributed by atoms with van der Waals surface area (Å²) in [6.07, 6.45) is 2.41. The van der Waals surface area contributed by atoms with E-state index < -0.39 is 0 Å². The molecule has 2 amide bonds. The Balaban J connectivity index is 1.70. The average Bonchev–Trinajstić information content (AvgIpc) is 3.32. The maximum Gasteiger partial charge on any atom is 0.229 e. The lowest BCUT2D eigenvalue weighted by atomic mass is 10.1. The summed E-state index contributed by atoms with van der Waals surface area (Å²) in [5.74, 6) is 0.936.